The fourth-order valence-corrected chi connectivity index (χ4v) is 1.79. The Morgan fingerprint density at radius 2 is 1.93 bits per heavy atom. The zero-order valence-electron chi connectivity index (χ0n) is 7.55. The van der Waals surface area contributed by atoms with E-state index in [1.807, 2.05) is 0 Å². The number of nitrogens with one attached hydrogen (secondary N) is 2. The molecule has 0 aliphatic rings. The van der Waals surface area contributed by atoms with E-state index in [1.165, 1.54) is 0 Å². The molecular weight excluding hydrogens is 237 g/mol. The topological polar surface area (TPSA) is 61.5 Å². The van der Waals surface area contributed by atoms with Crippen molar-refractivity contribution in [3.8, 4) is 0 Å². The number of hydrogen-bond donors (Lipinski definition) is 2. The largest absolute Gasteiger partial charge is 0.340 e. The Morgan fingerprint density at radius 3 is 2.47 bits per heavy atom. The smallest absolute Gasteiger partial charge is 0.293 e. The van der Waals surface area contributed by atoms with Gasteiger partial charge in [0.2, 0.25) is 0 Å². The average molecular weight is 244 g/mol. The highest BCUT2D eigenvalue weighted by Gasteiger charge is 2.08. The molecule has 15 heavy (non-hydrogen) atoms. The van der Waals surface area contributed by atoms with Gasteiger partial charge in [-0.05, 0) is 17.7 Å². The molecule has 0 atom stereocenters. The third kappa shape index (κ3) is 2.22. The summed E-state index contributed by atoms with van der Waals surface area (Å²) in [5.41, 5.74) is 0.414. The lowest BCUT2D eigenvalue weighted by Crippen LogP contribution is -2.01. The Kier molecular flexibility index (Phi) is 2.79. The van der Waals surface area contributed by atoms with Gasteiger partial charge in [0.1, 0.15) is 5.82 Å². The van der Waals surface area contributed by atoms with Gasteiger partial charge in [0.25, 0.3) is 0 Å². The zero-order valence-corrected chi connectivity index (χ0v) is 9.06. The minimum atomic E-state index is -0.340. The maximum Gasteiger partial charge on any atom is 0.340 e. The first kappa shape index (κ1) is 10.3. The fourth-order valence-electron chi connectivity index (χ4n) is 1.26. The van der Waals surface area contributed by atoms with Crippen molar-refractivity contribution in [1.82, 2.24) is 15.2 Å². The molecule has 0 bridgehead atoms. The molecule has 4 nitrogen and oxygen atoms in total. The minimum absolute atomic E-state index is 0.340. The molecule has 0 saturated heterocycles. The van der Waals surface area contributed by atoms with Gasteiger partial charge in [-0.1, -0.05) is 29.3 Å². The van der Waals surface area contributed by atoms with Crippen molar-refractivity contribution in [2.75, 3.05) is 0 Å². The van der Waals surface area contributed by atoms with Crippen LogP contribution in [0.15, 0.2) is 23.0 Å². The van der Waals surface area contributed by atoms with Crippen LogP contribution in [0.5, 0.6) is 0 Å². The normalized spacial score (nSPS) is 10.5. The Balaban J connectivity index is 2.35. The molecule has 0 fully saturated rings. The van der Waals surface area contributed by atoms with E-state index in [-0.39, 0.29) is 5.69 Å². The molecule has 0 radical (unpaired) electrons. The molecule has 6 heteroatoms. The van der Waals surface area contributed by atoms with Crippen molar-refractivity contribution in [3.05, 3.63) is 50.1 Å². The second-order valence-corrected chi connectivity index (χ2v) is 3.82. The monoisotopic (exact) mass is 243 g/mol. The van der Waals surface area contributed by atoms with Crippen LogP contribution < -0.4 is 5.69 Å². The Bertz CT molecular complexity index is 512. The van der Waals surface area contributed by atoms with Gasteiger partial charge in [-0.2, -0.15) is 5.10 Å². The molecule has 1 aromatic heterocycles. The first-order valence-corrected chi connectivity index (χ1v) is 4.99. The van der Waals surface area contributed by atoms with E-state index in [9.17, 15) is 4.79 Å². The van der Waals surface area contributed by atoms with Gasteiger partial charge in [-0.15, -0.1) is 0 Å². The van der Waals surface area contributed by atoms with Gasteiger partial charge in [-0.25, -0.2) is 9.89 Å². The summed E-state index contributed by atoms with van der Waals surface area (Å²) in [6.45, 7) is 0. The number of hydrogen-bond acceptors (Lipinski definition) is 2. The number of aromatic amines is 2. The maximum absolute atomic E-state index is 10.8. The van der Waals surface area contributed by atoms with Gasteiger partial charge in [0.15, 0.2) is 0 Å². The van der Waals surface area contributed by atoms with Crippen molar-refractivity contribution < 1.29 is 0 Å². The van der Waals surface area contributed by atoms with Crippen LogP contribution in [-0.4, -0.2) is 15.2 Å². The standard InChI is InChI=1S/C9H7Cl2N3O/c10-6-2-1-3-7(11)5(6)4-8-12-9(15)14-13-8/h1-3H,4H2,(H2,12,13,14,15). The Labute approximate surface area is 95.2 Å². The average Bonchev–Trinajstić information content (AvgIpc) is 2.58. The Hall–Kier alpha value is -1.26. The van der Waals surface area contributed by atoms with Gasteiger partial charge in [-0.3, -0.25) is 4.98 Å². The second kappa shape index (κ2) is 4.08. The van der Waals surface area contributed by atoms with Crippen molar-refractivity contribution in [3.63, 3.8) is 0 Å². The van der Waals surface area contributed by atoms with Crippen molar-refractivity contribution in [2.45, 2.75) is 6.42 Å². The van der Waals surface area contributed by atoms with Crippen LogP contribution in [0.2, 0.25) is 10.0 Å². The molecule has 2 N–H and O–H groups in total. The lowest BCUT2D eigenvalue weighted by Gasteiger charge is -2.03. The molecule has 1 aromatic carbocycles. The van der Waals surface area contributed by atoms with Crippen LogP contribution >= 0.6 is 23.2 Å². The Morgan fingerprint density at radius 1 is 1.27 bits per heavy atom. The summed E-state index contributed by atoms with van der Waals surface area (Å²) >= 11 is 11.9. The third-order valence-electron chi connectivity index (χ3n) is 1.96. The van der Waals surface area contributed by atoms with E-state index in [2.05, 4.69) is 15.2 Å². The molecule has 0 saturated carbocycles. The predicted octanol–water partition coefficient (Wildman–Crippen LogP) is 2.00. The van der Waals surface area contributed by atoms with Crippen molar-refractivity contribution >= 4 is 23.2 Å². The number of benzene rings is 1. The van der Waals surface area contributed by atoms with E-state index < -0.39 is 0 Å². The summed E-state index contributed by atoms with van der Waals surface area (Å²) in [5, 5.41) is 7.19. The molecule has 0 aliphatic heterocycles. The fraction of sp³-hybridized carbons (Fsp3) is 0.111. The number of nitrogens with zero attached hydrogens (tertiary/aromatic N) is 1. The van der Waals surface area contributed by atoms with Gasteiger partial charge in [0.05, 0.1) is 0 Å². The summed E-state index contributed by atoms with van der Waals surface area (Å²) in [5.74, 6) is 0.509. The van der Waals surface area contributed by atoms with E-state index in [0.29, 0.717) is 22.3 Å². The number of aromatic nitrogens is 3. The molecule has 78 valence electrons. The molecule has 0 aliphatic carbocycles. The van der Waals surface area contributed by atoms with Crippen LogP contribution in [0.25, 0.3) is 0 Å². The predicted molar refractivity (Wildman–Crippen MR) is 58.5 cm³/mol. The summed E-state index contributed by atoms with van der Waals surface area (Å²) in [7, 11) is 0. The van der Waals surface area contributed by atoms with Gasteiger partial charge < -0.3 is 0 Å². The van der Waals surface area contributed by atoms with Gasteiger partial charge in [0, 0.05) is 16.5 Å². The van der Waals surface area contributed by atoms with Crippen LogP contribution in [-0.2, 0) is 6.42 Å². The number of H-pyrrole nitrogens is 2. The number of halogens is 2. The van der Waals surface area contributed by atoms with Crippen molar-refractivity contribution in [1.29, 1.82) is 0 Å². The van der Waals surface area contributed by atoms with Crippen LogP contribution in [0.3, 0.4) is 0 Å². The zero-order chi connectivity index (χ0) is 10.8. The highest BCUT2D eigenvalue weighted by atomic mass is 35.5. The quantitative estimate of drug-likeness (QED) is 0.848. The van der Waals surface area contributed by atoms with E-state index in [0.717, 1.165) is 5.56 Å². The van der Waals surface area contributed by atoms with E-state index >= 15 is 0 Å². The molecular formula is C9H7Cl2N3O. The lowest BCUT2D eigenvalue weighted by atomic mass is 10.1. The van der Waals surface area contributed by atoms with Gasteiger partial charge >= 0.3 is 5.69 Å². The lowest BCUT2D eigenvalue weighted by molar-refractivity contribution is 0.970. The van der Waals surface area contributed by atoms with E-state index in [4.69, 9.17) is 23.2 Å². The van der Waals surface area contributed by atoms with Crippen LogP contribution in [0.1, 0.15) is 11.4 Å². The van der Waals surface area contributed by atoms with E-state index in [1.54, 1.807) is 18.2 Å². The summed E-state index contributed by atoms with van der Waals surface area (Å²) in [6.07, 6.45) is 0.400. The summed E-state index contributed by atoms with van der Waals surface area (Å²) < 4.78 is 0. The molecule has 2 aromatic rings. The summed E-state index contributed by atoms with van der Waals surface area (Å²) in [4.78, 5) is 13.4. The molecule has 2 rings (SSSR count). The van der Waals surface area contributed by atoms with Crippen LogP contribution in [0, 0.1) is 0 Å². The SMILES string of the molecule is O=c1[nH]nc(Cc2c(Cl)cccc2Cl)[nH]1. The molecule has 0 unspecified atom stereocenters. The van der Waals surface area contributed by atoms with Crippen LogP contribution in [0.4, 0.5) is 0 Å². The maximum atomic E-state index is 10.8. The molecule has 0 amide bonds. The minimum Gasteiger partial charge on any atom is -0.293 e. The second-order valence-electron chi connectivity index (χ2n) is 3.00. The summed E-state index contributed by atoms with van der Waals surface area (Å²) in [6, 6.07) is 5.25. The first-order valence-electron chi connectivity index (χ1n) is 4.23. The molecule has 1 heterocycles. The number of rotatable bonds is 2. The highest BCUT2D eigenvalue weighted by Crippen LogP contribution is 2.25. The molecule has 0 spiro atoms. The van der Waals surface area contributed by atoms with Crippen molar-refractivity contribution in [2.24, 2.45) is 0 Å². The highest BCUT2D eigenvalue weighted by molar-refractivity contribution is 6.36. The third-order valence-corrected chi connectivity index (χ3v) is 2.66. The first-order chi connectivity index (χ1) is 7.16.